The predicted molar refractivity (Wildman–Crippen MR) is 83.5 cm³/mol. The summed E-state index contributed by atoms with van der Waals surface area (Å²) >= 11 is 0. The number of rotatable bonds is 4. The summed E-state index contributed by atoms with van der Waals surface area (Å²) in [5.41, 5.74) is 1.77. The summed E-state index contributed by atoms with van der Waals surface area (Å²) in [6, 6.07) is 4.54. The molecule has 1 aliphatic heterocycles. The third-order valence-electron chi connectivity index (χ3n) is 4.30. The fraction of sp³-hybridized carbons (Fsp3) is 0.412. The molecule has 122 valence electrons. The second-order valence-electron chi connectivity index (χ2n) is 5.91. The summed E-state index contributed by atoms with van der Waals surface area (Å²) in [5.74, 6) is -0.425. The normalized spacial score (nSPS) is 20.7. The van der Waals surface area contributed by atoms with Crippen LogP contribution in [0, 0.1) is 18.7 Å². The van der Waals surface area contributed by atoms with Crippen LogP contribution in [0.25, 0.3) is 0 Å². The van der Waals surface area contributed by atoms with Crippen LogP contribution < -0.4 is 5.32 Å². The van der Waals surface area contributed by atoms with E-state index in [0.29, 0.717) is 24.3 Å². The molecule has 6 heteroatoms. The van der Waals surface area contributed by atoms with Crippen LogP contribution in [0.2, 0.25) is 0 Å². The molecule has 0 bridgehead atoms. The van der Waals surface area contributed by atoms with E-state index in [2.05, 4.69) is 10.4 Å². The highest BCUT2D eigenvalue weighted by atomic mass is 19.1. The molecule has 1 aromatic heterocycles. The number of aryl methyl sites for hydroxylation is 1. The Hall–Kier alpha value is -2.21. The number of benzene rings is 1. The van der Waals surface area contributed by atoms with E-state index in [9.17, 15) is 9.18 Å². The summed E-state index contributed by atoms with van der Waals surface area (Å²) in [4.78, 5) is 12.3. The third kappa shape index (κ3) is 3.27. The summed E-state index contributed by atoms with van der Waals surface area (Å²) in [6.45, 7) is 2.77. The van der Waals surface area contributed by atoms with Gasteiger partial charge in [0.2, 0.25) is 0 Å². The van der Waals surface area contributed by atoms with Crippen molar-refractivity contribution in [3.63, 3.8) is 0 Å². The van der Waals surface area contributed by atoms with Gasteiger partial charge in [0.05, 0.1) is 12.3 Å². The fourth-order valence-electron chi connectivity index (χ4n) is 2.97. The Morgan fingerprint density at radius 1 is 1.52 bits per heavy atom. The molecule has 1 saturated heterocycles. The van der Waals surface area contributed by atoms with Crippen molar-refractivity contribution in [3.8, 4) is 0 Å². The first-order valence-electron chi connectivity index (χ1n) is 7.69. The molecule has 2 heterocycles. The molecular formula is C17H20FN3O2. The zero-order chi connectivity index (χ0) is 16.4. The zero-order valence-corrected chi connectivity index (χ0v) is 13.3. The maximum absolute atomic E-state index is 13.6. The largest absolute Gasteiger partial charge is 0.373 e. The molecule has 0 spiro atoms. The Labute approximate surface area is 134 Å². The number of hydrogen-bond donors (Lipinski definition) is 1. The summed E-state index contributed by atoms with van der Waals surface area (Å²) in [5, 5.41) is 7.07. The van der Waals surface area contributed by atoms with Gasteiger partial charge in [0, 0.05) is 43.4 Å². The molecule has 0 radical (unpaired) electrons. The Kier molecular flexibility index (Phi) is 4.43. The van der Waals surface area contributed by atoms with Crippen molar-refractivity contribution in [1.29, 1.82) is 0 Å². The molecule has 3 rings (SSSR count). The van der Waals surface area contributed by atoms with E-state index in [1.54, 1.807) is 29.9 Å². The number of ether oxygens (including phenoxy) is 1. The van der Waals surface area contributed by atoms with Gasteiger partial charge in [0.1, 0.15) is 5.82 Å². The van der Waals surface area contributed by atoms with E-state index >= 15 is 0 Å². The Morgan fingerprint density at radius 3 is 3.09 bits per heavy atom. The SMILES string of the molecule is Cc1c(F)cccc1C(=O)NC[C@@H]1CCO[C@H]1c1cnn(C)c1. The second-order valence-corrected chi connectivity index (χ2v) is 5.91. The summed E-state index contributed by atoms with van der Waals surface area (Å²) in [6.07, 6.45) is 4.54. The first-order valence-corrected chi connectivity index (χ1v) is 7.69. The van der Waals surface area contributed by atoms with E-state index < -0.39 is 0 Å². The van der Waals surface area contributed by atoms with Crippen LogP contribution in [-0.2, 0) is 11.8 Å². The van der Waals surface area contributed by atoms with Gasteiger partial charge in [-0.15, -0.1) is 0 Å². The summed E-state index contributed by atoms with van der Waals surface area (Å²) < 4.78 is 21.1. The zero-order valence-electron chi connectivity index (χ0n) is 13.3. The quantitative estimate of drug-likeness (QED) is 0.942. The van der Waals surface area contributed by atoms with Gasteiger partial charge in [-0.2, -0.15) is 5.10 Å². The van der Waals surface area contributed by atoms with Crippen LogP contribution in [0.3, 0.4) is 0 Å². The Morgan fingerprint density at radius 2 is 2.35 bits per heavy atom. The second kappa shape index (κ2) is 6.50. The molecule has 2 aromatic rings. The number of hydrogen-bond acceptors (Lipinski definition) is 3. The first kappa shape index (κ1) is 15.7. The summed E-state index contributed by atoms with van der Waals surface area (Å²) in [7, 11) is 1.86. The van der Waals surface area contributed by atoms with Crippen molar-refractivity contribution in [2.45, 2.75) is 19.4 Å². The lowest BCUT2D eigenvalue weighted by Crippen LogP contribution is -2.31. The van der Waals surface area contributed by atoms with Gasteiger partial charge in [-0.25, -0.2) is 4.39 Å². The molecule has 1 amide bonds. The highest BCUT2D eigenvalue weighted by molar-refractivity contribution is 5.95. The van der Waals surface area contributed by atoms with E-state index in [4.69, 9.17) is 4.74 Å². The molecular weight excluding hydrogens is 297 g/mol. The van der Waals surface area contributed by atoms with Crippen LogP contribution in [0.4, 0.5) is 4.39 Å². The first-order chi connectivity index (χ1) is 11.1. The number of aromatic nitrogens is 2. The molecule has 0 unspecified atom stereocenters. The average Bonchev–Trinajstić information content (AvgIpc) is 3.16. The van der Waals surface area contributed by atoms with E-state index in [1.807, 2.05) is 13.2 Å². The molecule has 1 fully saturated rings. The number of nitrogens with zero attached hydrogens (tertiary/aromatic N) is 2. The molecule has 23 heavy (non-hydrogen) atoms. The standard InChI is InChI=1S/C17H20FN3O2/c1-11-14(4-3-5-15(11)18)17(22)19-8-12-6-7-23-16(12)13-9-20-21(2)10-13/h3-5,9-10,12,16H,6-8H2,1-2H3,(H,19,22)/t12-,16+/m0/s1. The van der Waals surface area contributed by atoms with Gasteiger partial charge in [0.25, 0.3) is 5.91 Å². The highest BCUT2D eigenvalue weighted by Gasteiger charge is 2.31. The Bertz CT molecular complexity index is 714. The van der Waals surface area contributed by atoms with Crippen molar-refractivity contribution in [2.75, 3.05) is 13.2 Å². The van der Waals surface area contributed by atoms with Crippen molar-refractivity contribution in [1.82, 2.24) is 15.1 Å². The van der Waals surface area contributed by atoms with Crippen LogP contribution >= 0.6 is 0 Å². The van der Waals surface area contributed by atoms with Gasteiger partial charge < -0.3 is 10.1 Å². The monoisotopic (exact) mass is 317 g/mol. The van der Waals surface area contributed by atoms with Crippen molar-refractivity contribution in [2.24, 2.45) is 13.0 Å². The van der Waals surface area contributed by atoms with Gasteiger partial charge >= 0.3 is 0 Å². The highest BCUT2D eigenvalue weighted by Crippen LogP contribution is 2.33. The van der Waals surface area contributed by atoms with Gasteiger partial charge in [-0.1, -0.05) is 6.07 Å². The Balaban J connectivity index is 1.65. The average molecular weight is 317 g/mol. The molecule has 1 aliphatic rings. The number of halogens is 1. The maximum atomic E-state index is 13.6. The minimum atomic E-state index is -0.366. The molecule has 2 atom stereocenters. The molecule has 0 aliphatic carbocycles. The smallest absolute Gasteiger partial charge is 0.251 e. The third-order valence-corrected chi connectivity index (χ3v) is 4.30. The number of carbonyl (C=O) groups excluding carboxylic acids is 1. The topological polar surface area (TPSA) is 56.1 Å². The number of nitrogens with one attached hydrogen (secondary N) is 1. The van der Waals surface area contributed by atoms with Crippen LogP contribution in [0.15, 0.2) is 30.6 Å². The van der Waals surface area contributed by atoms with Crippen LogP contribution in [0.5, 0.6) is 0 Å². The van der Waals surface area contributed by atoms with E-state index in [1.165, 1.54) is 6.07 Å². The fourth-order valence-corrected chi connectivity index (χ4v) is 2.97. The van der Waals surface area contributed by atoms with E-state index in [0.717, 1.165) is 12.0 Å². The van der Waals surface area contributed by atoms with Crippen molar-refractivity contribution < 1.29 is 13.9 Å². The van der Waals surface area contributed by atoms with Gasteiger partial charge in [-0.05, 0) is 31.0 Å². The maximum Gasteiger partial charge on any atom is 0.251 e. The number of amides is 1. The van der Waals surface area contributed by atoms with Crippen molar-refractivity contribution >= 4 is 5.91 Å². The predicted octanol–water partition coefficient (Wildman–Crippen LogP) is 2.38. The molecule has 1 aromatic carbocycles. The lowest BCUT2D eigenvalue weighted by Gasteiger charge is -2.18. The van der Waals surface area contributed by atoms with Crippen LogP contribution in [-0.4, -0.2) is 28.8 Å². The minimum absolute atomic E-state index is 0.0578. The molecule has 0 saturated carbocycles. The van der Waals surface area contributed by atoms with Gasteiger partial charge in [0.15, 0.2) is 0 Å². The lowest BCUT2D eigenvalue weighted by molar-refractivity contribution is 0.0845. The van der Waals surface area contributed by atoms with Gasteiger partial charge in [-0.3, -0.25) is 9.48 Å². The minimum Gasteiger partial charge on any atom is -0.373 e. The molecule has 1 N–H and O–H groups in total. The van der Waals surface area contributed by atoms with E-state index in [-0.39, 0.29) is 23.7 Å². The molecule has 5 nitrogen and oxygen atoms in total. The van der Waals surface area contributed by atoms with Crippen molar-refractivity contribution in [3.05, 3.63) is 53.1 Å². The lowest BCUT2D eigenvalue weighted by atomic mass is 9.97. The number of carbonyl (C=O) groups is 1. The van der Waals surface area contributed by atoms with Crippen LogP contribution in [0.1, 0.15) is 34.0 Å².